The van der Waals surface area contributed by atoms with E-state index in [1.165, 1.54) is 6.07 Å². The van der Waals surface area contributed by atoms with Crippen molar-refractivity contribution >= 4 is 11.6 Å². The van der Waals surface area contributed by atoms with Gasteiger partial charge in [0.1, 0.15) is 5.82 Å². The molecule has 0 radical (unpaired) electrons. The fourth-order valence-corrected chi connectivity index (χ4v) is 2.13. The van der Waals surface area contributed by atoms with Gasteiger partial charge >= 0.3 is 0 Å². The van der Waals surface area contributed by atoms with E-state index in [1.807, 2.05) is 6.92 Å². The largest absolute Gasteiger partial charge is 0.325 e. The molecule has 0 unspecified atom stereocenters. The first-order chi connectivity index (χ1) is 8.09. The van der Waals surface area contributed by atoms with Gasteiger partial charge in [0.15, 0.2) is 0 Å². The van der Waals surface area contributed by atoms with Gasteiger partial charge in [0.2, 0.25) is 5.91 Å². The minimum atomic E-state index is -0.291. The van der Waals surface area contributed by atoms with Gasteiger partial charge in [-0.3, -0.25) is 4.79 Å². The molecule has 0 bridgehead atoms. The molecular formula is C13H17FN2O. The highest BCUT2D eigenvalue weighted by Crippen LogP contribution is 2.21. The number of hydrogen-bond donors (Lipinski definition) is 2. The lowest BCUT2D eigenvalue weighted by atomic mass is 9.97. The van der Waals surface area contributed by atoms with Crippen molar-refractivity contribution in [3.8, 4) is 0 Å². The average molecular weight is 236 g/mol. The summed E-state index contributed by atoms with van der Waals surface area (Å²) >= 11 is 0. The van der Waals surface area contributed by atoms with Crippen LogP contribution in [0.1, 0.15) is 12.5 Å². The minimum Gasteiger partial charge on any atom is -0.325 e. The van der Waals surface area contributed by atoms with Crippen LogP contribution in [0.2, 0.25) is 0 Å². The van der Waals surface area contributed by atoms with E-state index in [-0.39, 0.29) is 17.6 Å². The normalized spacial score (nSPS) is 23.7. The molecule has 1 aliphatic rings. The molecule has 92 valence electrons. The Hall–Kier alpha value is -1.42. The van der Waals surface area contributed by atoms with Gasteiger partial charge in [-0.2, -0.15) is 0 Å². The van der Waals surface area contributed by atoms with E-state index in [4.69, 9.17) is 0 Å². The number of rotatable bonds is 2. The second kappa shape index (κ2) is 4.84. The summed E-state index contributed by atoms with van der Waals surface area (Å²) in [6.07, 6.45) is 0. The third-order valence-corrected chi connectivity index (χ3v) is 3.38. The monoisotopic (exact) mass is 236 g/mol. The number of carbonyl (C=O) groups is 1. The summed E-state index contributed by atoms with van der Waals surface area (Å²) in [6.45, 7) is 5.27. The van der Waals surface area contributed by atoms with Gasteiger partial charge in [-0.1, -0.05) is 13.0 Å². The lowest BCUT2D eigenvalue weighted by Crippen LogP contribution is -2.28. The summed E-state index contributed by atoms with van der Waals surface area (Å²) in [4.78, 5) is 12.0. The maximum absolute atomic E-state index is 13.3. The fourth-order valence-electron chi connectivity index (χ4n) is 2.13. The average Bonchev–Trinajstić information content (AvgIpc) is 2.71. The van der Waals surface area contributed by atoms with Crippen LogP contribution in [0.3, 0.4) is 0 Å². The highest BCUT2D eigenvalue weighted by atomic mass is 19.1. The standard InChI is InChI=1S/C13H17FN2O/c1-8-6-15-7-10(8)13(17)16-12-5-3-4-11(14)9(12)2/h3-5,8,10,15H,6-7H2,1-2H3,(H,16,17)/t8-,10-/m1/s1. The van der Waals surface area contributed by atoms with Crippen molar-refractivity contribution in [1.29, 1.82) is 0 Å². The number of amides is 1. The van der Waals surface area contributed by atoms with E-state index < -0.39 is 0 Å². The fraction of sp³-hybridized carbons (Fsp3) is 0.462. The van der Waals surface area contributed by atoms with Crippen LogP contribution in [-0.2, 0) is 4.79 Å². The van der Waals surface area contributed by atoms with Crippen molar-refractivity contribution in [3.05, 3.63) is 29.6 Å². The first-order valence-corrected chi connectivity index (χ1v) is 5.86. The van der Waals surface area contributed by atoms with Crippen LogP contribution in [0, 0.1) is 24.6 Å². The maximum Gasteiger partial charge on any atom is 0.229 e. The first-order valence-electron chi connectivity index (χ1n) is 5.86. The number of nitrogens with one attached hydrogen (secondary N) is 2. The summed E-state index contributed by atoms with van der Waals surface area (Å²) in [5.74, 6) is -0.0295. The highest BCUT2D eigenvalue weighted by Gasteiger charge is 2.29. The summed E-state index contributed by atoms with van der Waals surface area (Å²) < 4.78 is 13.3. The molecule has 1 aromatic carbocycles. The van der Waals surface area contributed by atoms with Gasteiger partial charge in [-0.25, -0.2) is 4.39 Å². The summed E-state index contributed by atoms with van der Waals surface area (Å²) in [7, 11) is 0. The summed E-state index contributed by atoms with van der Waals surface area (Å²) in [5, 5.41) is 5.98. The quantitative estimate of drug-likeness (QED) is 0.823. The van der Waals surface area contributed by atoms with Gasteiger partial charge in [0, 0.05) is 17.8 Å². The van der Waals surface area contributed by atoms with Crippen LogP contribution < -0.4 is 10.6 Å². The Kier molecular flexibility index (Phi) is 3.43. The first kappa shape index (κ1) is 12.0. The van der Waals surface area contributed by atoms with E-state index in [1.54, 1.807) is 19.1 Å². The van der Waals surface area contributed by atoms with Crippen molar-refractivity contribution in [2.75, 3.05) is 18.4 Å². The van der Waals surface area contributed by atoms with E-state index in [2.05, 4.69) is 10.6 Å². The molecular weight excluding hydrogens is 219 g/mol. The Balaban J connectivity index is 2.10. The molecule has 1 heterocycles. The molecule has 0 aromatic heterocycles. The molecule has 1 aromatic rings. The van der Waals surface area contributed by atoms with Crippen LogP contribution in [0.4, 0.5) is 10.1 Å². The van der Waals surface area contributed by atoms with E-state index in [9.17, 15) is 9.18 Å². The molecule has 17 heavy (non-hydrogen) atoms. The zero-order chi connectivity index (χ0) is 12.4. The molecule has 2 atom stereocenters. The Morgan fingerprint density at radius 1 is 1.47 bits per heavy atom. The Morgan fingerprint density at radius 3 is 2.88 bits per heavy atom. The van der Waals surface area contributed by atoms with Crippen molar-refractivity contribution in [3.63, 3.8) is 0 Å². The predicted molar refractivity (Wildman–Crippen MR) is 65.3 cm³/mol. The predicted octanol–water partition coefficient (Wildman–Crippen LogP) is 1.93. The molecule has 0 saturated carbocycles. The Labute approximate surface area is 100 Å². The van der Waals surface area contributed by atoms with Crippen molar-refractivity contribution in [1.82, 2.24) is 5.32 Å². The maximum atomic E-state index is 13.3. The third kappa shape index (κ3) is 2.47. The smallest absolute Gasteiger partial charge is 0.229 e. The molecule has 0 spiro atoms. The zero-order valence-electron chi connectivity index (χ0n) is 10.1. The van der Waals surface area contributed by atoms with Crippen molar-refractivity contribution in [2.45, 2.75) is 13.8 Å². The molecule has 1 fully saturated rings. The van der Waals surface area contributed by atoms with Gasteiger partial charge in [-0.15, -0.1) is 0 Å². The number of hydrogen-bond acceptors (Lipinski definition) is 2. The Bertz CT molecular complexity index is 433. The van der Waals surface area contributed by atoms with E-state index in [0.717, 1.165) is 6.54 Å². The molecule has 4 heteroatoms. The van der Waals surface area contributed by atoms with Crippen molar-refractivity contribution < 1.29 is 9.18 Å². The number of carbonyl (C=O) groups excluding carboxylic acids is 1. The summed E-state index contributed by atoms with van der Waals surface area (Å²) in [5.41, 5.74) is 1.05. The molecule has 1 amide bonds. The lowest BCUT2D eigenvalue weighted by molar-refractivity contribution is -0.120. The topological polar surface area (TPSA) is 41.1 Å². The van der Waals surface area contributed by atoms with Gasteiger partial charge in [0.25, 0.3) is 0 Å². The van der Waals surface area contributed by atoms with Crippen LogP contribution in [0.5, 0.6) is 0 Å². The number of halogens is 1. The molecule has 0 aliphatic carbocycles. The van der Waals surface area contributed by atoms with Crippen LogP contribution in [-0.4, -0.2) is 19.0 Å². The molecule has 3 nitrogen and oxygen atoms in total. The molecule has 1 aliphatic heterocycles. The Morgan fingerprint density at radius 2 is 2.24 bits per heavy atom. The third-order valence-electron chi connectivity index (χ3n) is 3.38. The summed E-state index contributed by atoms with van der Waals surface area (Å²) in [6, 6.07) is 4.72. The second-order valence-corrected chi connectivity index (χ2v) is 4.64. The molecule has 2 rings (SSSR count). The van der Waals surface area contributed by atoms with E-state index in [0.29, 0.717) is 23.7 Å². The van der Waals surface area contributed by atoms with Crippen LogP contribution >= 0.6 is 0 Å². The minimum absolute atomic E-state index is 0.0299. The van der Waals surface area contributed by atoms with Crippen LogP contribution in [0.25, 0.3) is 0 Å². The van der Waals surface area contributed by atoms with Gasteiger partial charge in [0.05, 0.1) is 5.92 Å². The molecule has 1 saturated heterocycles. The van der Waals surface area contributed by atoms with Gasteiger partial charge < -0.3 is 10.6 Å². The number of anilines is 1. The second-order valence-electron chi connectivity index (χ2n) is 4.64. The zero-order valence-corrected chi connectivity index (χ0v) is 10.1. The lowest BCUT2D eigenvalue weighted by Gasteiger charge is -2.15. The van der Waals surface area contributed by atoms with Crippen LogP contribution in [0.15, 0.2) is 18.2 Å². The van der Waals surface area contributed by atoms with Gasteiger partial charge in [-0.05, 0) is 31.5 Å². The highest BCUT2D eigenvalue weighted by molar-refractivity contribution is 5.93. The number of benzene rings is 1. The molecule has 2 N–H and O–H groups in total. The van der Waals surface area contributed by atoms with E-state index >= 15 is 0 Å². The SMILES string of the molecule is Cc1c(F)cccc1NC(=O)[C@@H]1CNC[C@H]1C. The van der Waals surface area contributed by atoms with Crippen molar-refractivity contribution in [2.24, 2.45) is 11.8 Å².